The van der Waals surface area contributed by atoms with Gasteiger partial charge in [0.1, 0.15) is 81.2 Å². The van der Waals surface area contributed by atoms with Crippen molar-refractivity contribution in [2.75, 3.05) is 0 Å². The van der Waals surface area contributed by atoms with Gasteiger partial charge in [-0.05, 0) is 117 Å². The molecule has 12 rings (SSSR count). The van der Waals surface area contributed by atoms with E-state index < -0.39 is 47.7 Å². The van der Waals surface area contributed by atoms with Crippen LogP contribution in [0.15, 0.2) is 146 Å². The molecule has 0 unspecified atom stereocenters. The van der Waals surface area contributed by atoms with Crippen LogP contribution in [0.4, 0.5) is 0 Å². The zero-order valence-corrected chi connectivity index (χ0v) is 35.8. The number of rotatable bonds is 6. The molecule has 8 atom stereocenters. The van der Waals surface area contributed by atoms with Gasteiger partial charge < -0.3 is 60.5 Å². The van der Waals surface area contributed by atoms with Crippen LogP contribution in [0.25, 0.3) is 0 Å². The van der Waals surface area contributed by atoms with Crippen LogP contribution in [0.3, 0.4) is 0 Å². The summed E-state index contributed by atoms with van der Waals surface area (Å²) in [6.45, 7) is 0. The summed E-state index contributed by atoms with van der Waals surface area (Å²) in [6, 6.07) is 38.5. The highest BCUT2D eigenvalue weighted by Crippen LogP contribution is 2.72. The molecule has 12 heteroatoms. The first-order valence-corrected chi connectivity index (χ1v) is 22.2. The van der Waals surface area contributed by atoms with Crippen molar-refractivity contribution in [2.24, 2.45) is 0 Å². The zero-order valence-electron chi connectivity index (χ0n) is 35.8. The molecule has 4 aliphatic rings. The van der Waals surface area contributed by atoms with Gasteiger partial charge in [0.2, 0.25) is 0 Å². The maximum absolute atomic E-state index is 12.7. The van der Waals surface area contributed by atoms with Crippen LogP contribution in [0.5, 0.6) is 69.0 Å². The molecule has 0 saturated heterocycles. The fraction of sp³-hybridized carbons (Fsp3) is 0.143. The van der Waals surface area contributed by atoms with E-state index in [1.807, 2.05) is 0 Å². The Balaban J connectivity index is 1.21. The quantitative estimate of drug-likeness (QED) is 0.0753. The minimum absolute atomic E-state index is 0.00343. The average Bonchev–Trinajstić information content (AvgIpc) is 3.96. The summed E-state index contributed by atoms with van der Waals surface area (Å²) in [7, 11) is 0. The first-order valence-electron chi connectivity index (χ1n) is 22.2. The Morgan fingerprint density at radius 2 is 0.691 bits per heavy atom. The van der Waals surface area contributed by atoms with Gasteiger partial charge >= 0.3 is 0 Å². The molecule has 0 spiro atoms. The average molecular weight is 907 g/mol. The smallest absolute Gasteiger partial charge is 0.135 e. The van der Waals surface area contributed by atoms with Crippen LogP contribution < -0.4 is 9.47 Å². The standard InChI is InChI=1S/C56H42O12/c57-30-9-1-25(2-10-30)44-47-38(20-36(63)22-40(47)65)50-52-43(68-56(50)28-7-15-33(60)16-8-28)24-41(66)51-45(26-3-11-31(58)12-4-26)49(53(44)54(51)52)39-21-37(64)23-42-48(39)46(29-17-34(61)19-35(62)18-29)55(67-42)27-5-13-32(59)14-6-27/h1-24,44-46,49-50,53,55-66H/t44-,45-,46+,49-,50-,53+,55-,56+/m1/s1. The molecule has 0 bridgehead atoms. The number of benzene rings is 8. The minimum atomic E-state index is -0.820. The summed E-state index contributed by atoms with van der Waals surface area (Å²) in [5.74, 6) is -4.85. The van der Waals surface area contributed by atoms with Crippen LogP contribution in [0.1, 0.15) is 114 Å². The number of aromatic hydroxyl groups is 10. The molecule has 0 aromatic heterocycles. The van der Waals surface area contributed by atoms with E-state index in [-0.39, 0.29) is 57.5 Å². The molecular weight excluding hydrogens is 865 g/mol. The van der Waals surface area contributed by atoms with Gasteiger partial charge in [-0.1, -0.05) is 48.5 Å². The van der Waals surface area contributed by atoms with E-state index in [1.54, 1.807) is 115 Å². The van der Waals surface area contributed by atoms with Gasteiger partial charge in [-0.25, -0.2) is 0 Å². The monoisotopic (exact) mass is 906 g/mol. The van der Waals surface area contributed by atoms with Crippen molar-refractivity contribution in [1.82, 2.24) is 0 Å². The second-order valence-corrected chi connectivity index (χ2v) is 18.2. The van der Waals surface area contributed by atoms with Crippen LogP contribution in [-0.4, -0.2) is 51.1 Å². The van der Waals surface area contributed by atoms with E-state index in [0.717, 1.165) is 0 Å². The van der Waals surface area contributed by atoms with Crippen molar-refractivity contribution >= 4 is 0 Å². The summed E-state index contributed by atoms with van der Waals surface area (Å²) in [6.07, 6.45) is -1.60. The Morgan fingerprint density at radius 1 is 0.265 bits per heavy atom. The van der Waals surface area contributed by atoms with Crippen LogP contribution in [0.2, 0.25) is 0 Å². The number of phenols is 10. The van der Waals surface area contributed by atoms with Crippen molar-refractivity contribution in [3.05, 3.63) is 212 Å². The molecule has 8 aromatic rings. The summed E-state index contributed by atoms with van der Waals surface area (Å²) in [5, 5.41) is 113. The van der Waals surface area contributed by atoms with Crippen LogP contribution in [-0.2, 0) is 0 Å². The highest BCUT2D eigenvalue weighted by atomic mass is 16.5. The van der Waals surface area contributed by atoms with E-state index in [4.69, 9.17) is 9.47 Å². The third kappa shape index (κ3) is 6.20. The number of ether oxygens (including phenoxy) is 2. The maximum Gasteiger partial charge on any atom is 0.135 e. The van der Waals surface area contributed by atoms with Gasteiger partial charge in [0, 0.05) is 70.2 Å². The van der Waals surface area contributed by atoms with Gasteiger partial charge in [0.15, 0.2) is 0 Å². The van der Waals surface area contributed by atoms with Gasteiger partial charge in [-0.3, -0.25) is 0 Å². The molecule has 10 N–H and O–H groups in total. The summed E-state index contributed by atoms with van der Waals surface area (Å²) >= 11 is 0. The number of fused-ring (bicyclic) bond motifs is 3. The van der Waals surface area contributed by atoms with E-state index in [0.29, 0.717) is 78.3 Å². The predicted molar refractivity (Wildman–Crippen MR) is 248 cm³/mol. The molecule has 0 radical (unpaired) electrons. The molecule has 0 saturated carbocycles. The Morgan fingerprint density at radius 3 is 1.24 bits per heavy atom. The summed E-state index contributed by atoms with van der Waals surface area (Å²) < 4.78 is 13.7. The van der Waals surface area contributed by atoms with Crippen LogP contribution >= 0.6 is 0 Å². The molecule has 0 amide bonds. The fourth-order valence-electron chi connectivity index (χ4n) is 12.0. The molecule has 2 aliphatic heterocycles. The minimum Gasteiger partial charge on any atom is -0.508 e. The Kier molecular flexibility index (Phi) is 8.97. The van der Waals surface area contributed by atoms with Crippen molar-refractivity contribution in [2.45, 2.75) is 47.7 Å². The molecular formula is C56H42O12. The molecule has 0 fully saturated rings. The molecule has 68 heavy (non-hydrogen) atoms. The Labute approximate surface area is 388 Å². The van der Waals surface area contributed by atoms with Crippen molar-refractivity contribution in [3.63, 3.8) is 0 Å². The first kappa shape index (κ1) is 40.8. The summed E-state index contributed by atoms with van der Waals surface area (Å²) in [4.78, 5) is 0. The predicted octanol–water partition coefficient (Wildman–Crippen LogP) is 10.4. The molecule has 2 heterocycles. The fourth-order valence-corrected chi connectivity index (χ4v) is 12.0. The van der Waals surface area contributed by atoms with Crippen molar-refractivity contribution < 1.29 is 60.5 Å². The van der Waals surface area contributed by atoms with E-state index in [9.17, 15) is 51.1 Å². The van der Waals surface area contributed by atoms with Crippen molar-refractivity contribution in [1.29, 1.82) is 0 Å². The SMILES string of the molecule is Oc1ccc([C@H]2c3c(O)cc4c5c3[C@@H]([C@H](c3ccc(O)cc3)c3c(O)cc(O)cc3[C@H]5[C@H](c3ccc(O)cc3)O4)[C@@H]2c2cc(O)cc3c2[C@H](c2cc(O)cc(O)c2)[C@@H](c2ccc(O)cc2)O3)cc1. The number of phenolic OH excluding ortho intramolecular Hbond substituents is 10. The lowest BCUT2D eigenvalue weighted by atomic mass is 9.67. The van der Waals surface area contributed by atoms with E-state index in [1.165, 1.54) is 30.3 Å². The normalized spacial score (nSPS) is 22.6. The number of hydrogen-bond donors (Lipinski definition) is 10. The Hall–Kier alpha value is -8.64. The lowest BCUT2D eigenvalue weighted by Gasteiger charge is -2.35. The second kappa shape index (κ2) is 14.9. The largest absolute Gasteiger partial charge is 0.508 e. The van der Waals surface area contributed by atoms with Crippen molar-refractivity contribution in [3.8, 4) is 69.0 Å². The third-order valence-corrected chi connectivity index (χ3v) is 14.4. The van der Waals surface area contributed by atoms with E-state index >= 15 is 0 Å². The zero-order chi connectivity index (χ0) is 46.9. The molecule has 338 valence electrons. The lowest BCUT2D eigenvalue weighted by Crippen LogP contribution is -2.22. The first-order chi connectivity index (χ1) is 32.8. The van der Waals surface area contributed by atoms with E-state index in [2.05, 4.69) is 0 Å². The van der Waals surface area contributed by atoms with Gasteiger partial charge in [-0.15, -0.1) is 0 Å². The molecule has 12 nitrogen and oxygen atoms in total. The van der Waals surface area contributed by atoms with Crippen LogP contribution in [0, 0.1) is 0 Å². The summed E-state index contributed by atoms with van der Waals surface area (Å²) in [5.41, 5.74) is 7.24. The van der Waals surface area contributed by atoms with Gasteiger partial charge in [0.05, 0.1) is 11.8 Å². The number of hydrogen-bond acceptors (Lipinski definition) is 12. The highest BCUT2D eigenvalue weighted by molar-refractivity contribution is 5.74. The third-order valence-electron chi connectivity index (χ3n) is 14.4. The van der Waals surface area contributed by atoms with Gasteiger partial charge in [-0.2, -0.15) is 0 Å². The lowest BCUT2D eigenvalue weighted by molar-refractivity contribution is 0.221. The highest BCUT2D eigenvalue weighted by Gasteiger charge is 2.57. The maximum atomic E-state index is 12.7. The molecule has 8 aromatic carbocycles. The molecule has 2 aliphatic carbocycles. The second-order valence-electron chi connectivity index (χ2n) is 18.2. The topological polar surface area (TPSA) is 221 Å². The Bertz CT molecular complexity index is 3310. The van der Waals surface area contributed by atoms with Gasteiger partial charge in [0.25, 0.3) is 0 Å².